The highest BCUT2D eigenvalue weighted by atomic mass is 35.5. The van der Waals surface area contributed by atoms with Crippen molar-refractivity contribution in [2.45, 2.75) is 11.3 Å². The van der Waals surface area contributed by atoms with Gasteiger partial charge >= 0.3 is 0 Å². The van der Waals surface area contributed by atoms with Crippen LogP contribution in [0.15, 0.2) is 41.3 Å². The summed E-state index contributed by atoms with van der Waals surface area (Å²) in [7, 11) is -4.11. The lowest BCUT2D eigenvalue weighted by molar-refractivity contribution is 0.0951. The predicted octanol–water partition coefficient (Wildman–Crippen LogP) is 3.56. The summed E-state index contributed by atoms with van der Waals surface area (Å²) in [5.41, 5.74) is 0.206. The standard InChI is InChI=1S/C16H15Cl3N2O4S/c17-11-3-5-12(18)14(9-11)21-26(24,25)15-8-10(2-4-13(15)19)16(23)20-6-1-7-22/h2-5,8-9,21-22H,1,6-7H2,(H,20,23). The van der Waals surface area contributed by atoms with E-state index in [0.29, 0.717) is 11.4 Å². The lowest BCUT2D eigenvalue weighted by Gasteiger charge is -2.12. The zero-order valence-electron chi connectivity index (χ0n) is 13.3. The Balaban J connectivity index is 2.32. The van der Waals surface area contributed by atoms with E-state index in [9.17, 15) is 13.2 Å². The summed E-state index contributed by atoms with van der Waals surface area (Å²) >= 11 is 17.8. The monoisotopic (exact) mass is 436 g/mol. The molecule has 0 aliphatic carbocycles. The SMILES string of the molecule is O=C(NCCCO)c1ccc(Cl)c(S(=O)(=O)Nc2cc(Cl)ccc2Cl)c1. The fraction of sp³-hybridized carbons (Fsp3) is 0.188. The van der Waals surface area contributed by atoms with Crippen molar-refractivity contribution < 1.29 is 18.3 Å². The van der Waals surface area contributed by atoms with Crippen LogP contribution >= 0.6 is 34.8 Å². The van der Waals surface area contributed by atoms with E-state index in [2.05, 4.69) is 10.0 Å². The van der Waals surface area contributed by atoms with E-state index in [1.54, 1.807) is 0 Å². The summed E-state index contributed by atoms with van der Waals surface area (Å²) in [4.78, 5) is 11.8. The molecule has 140 valence electrons. The molecular weight excluding hydrogens is 423 g/mol. The Morgan fingerprint density at radius 1 is 1.04 bits per heavy atom. The van der Waals surface area contributed by atoms with Crippen LogP contribution in [-0.2, 0) is 10.0 Å². The van der Waals surface area contributed by atoms with Gasteiger partial charge in [0.2, 0.25) is 0 Å². The van der Waals surface area contributed by atoms with Gasteiger partial charge in [-0.1, -0.05) is 34.8 Å². The van der Waals surface area contributed by atoms with Crippen molar-refractivity contribution in [2.75, 3.05) is 17.9 Å². The van der Waals surface area contributed by atoms with Gasteiger partial charge in [0.25, 0.3) is 15.9 Å². The predicted molar refractivity (Wildman–Crippen MR) is 103 cm³/mol. The van der Waals surface area contributed by atoms with E-state index in [0.717, 1.165) is 6.07 Å². The summed E-state index contributed by atoms with van der Waals surface area (Å²) in [6, 6.07) is 8.22. The molecule has 3 N–H and O–H groups in total. The van der Waals surface area contributed by atoms with Crippen LogP contribution < -0.4 is 10.0 Å². The highest BCUT2D eigenvalue weighted by Crippen LogP contribution is 2.30. The highest BCUT2D eigenvalue weighted by molar-refractivity contribution is 7.92. The zero-order chi connectivity index (χ0) is 19.3. The number of carbonyl (C=O) groups excluding carboxylic acids is 1. The number of sulfonamides is 1. The number of hydrogen-bond donors (Lipinski definition) is 3. The highest BCUT2D eigenvalue weighted by Gasteiger charge is 2.21. The van der Waals surface area contributed by atoms with Gasteiger partial charge in [-0.05, 0) is 42.8 Å². The number of benzene rings is 2. The van der Waals surface area contributed by atoms with Gasteiger partial charge in [0.15, 0.2) is 0 Å². The van der Waals surface area contributed by atoms with Gasteiger partial charge in [-0.15, -0.1) is 0 Å². The molecule has 0 atom stereocenters. The van der Waals surface area contributed by atoms with Crippen molar-refractivity contribution in [3.63, 3.8) is 0 Å². The largest absolute Gasteiger partial charge is 0.396 e. The average molecular weight is 438 g/mol. The van der Waals surface area contributed by atoms with E-state index in [-0.39, 0.29) is 39.3 Å². The van der Waals surface area contributed by atoms with Crippen LogP contribution in [0, 0.1) is 0 Å². The quantitative estimate of drug-likeness (QED) is 0.577. The minimum absolute atomic E-state index is 0.0532. The van der Waals surface area contributed by atoms with Gasteiger partial charge in [0.05, 0.1) is 15.7 Å². The van der Waals surface area contributed by atoms with Crippen LogP contribution in [0.2, 0.25) is 15.1 Å². The number of aliphatic hydroxyl groups excluding tert-OH is 1. The fourth-order valence-electron chi connectivity index (χ4n) is 2.01. The summed E-state index contributed by atoms with van der Waals surface area (Å²) in [5, 5.41) is 11.7. The summed E-state index contributed by atoms with van der Waals surface area (Å²) in [6.07, 6.45) is 0.388. The van der Waals surface area contributed by atoms with Crippen molar-refractivity contribution in [1.29, 1.82) is 0 Å². The molecule has 10 heteroatoms. The van der Waals surface area contributed by atoms with Crippen molar-refractivity contribution in [2.24, 2.45) is 0 Å². The molecule has 0 bridgehead atoms. The first-order chi connectivity index (χ1) is 12.2. The Bertz CT molecular complexity index is 920. The summed E-state index contributed by atoms with van der Waals surface area (Å²) in [5.74, 6) is -0.479. The van der Waals surface area contributed by atoms with E-state index in [1.165, 1.54) is 30.3 Å². The minimum atomic E-state index is -4.11. The van der Waals surface area contributed by atoms with Crippen molar-refractivity contribution >= 4 is 56.4 Å². The van der Waals surface area contributed by atoms with Gasteiger partial charge in [0, 0.05) is 23.7 Å². The van der Waals surface area contributed by atoms with E-state index < -0.39 is 15.9 Å². The van der Waals surface area contributed by atoms with E-state index >= 15 is 0 Å². The molecule has 0 aromatic heterocycles. The van der Waals surface area contributed by atoms with Crippen LogP contribution in [0.25, 0.3) is 0 Å². The van der Waals surface area contributed by atoms with Crippen LogP contribution in [-0.4, -0.2) is 32.6 Å². The van der Waals surface area contributed by atoms with Crippen LogP contribution in [0.5, 0.6) is 0 Å². The molecule has 2 rings (SSSR count). The van der Waals surface area contributed by atoms with E-state index in [1.807, 2.05) is 0 Å². The molecule has 0 aliphatic rings. The molecule has 6 nitrogen and oxygen atoms in total. The molecule has 0 heterocycles. The third-order valence-electron chi connectivity index (χ3n) is 3.28. The van der Waals surface area contributed by atoms with Crippen molar-refractivity contribution in [1.82, 2.24) is 5.32 Å². The summed E-state index contributed by atoms with van der Waals surface area (Å²) < 4.78 is 27.6. The number of carbonyl (C=O) groups is 1. The Hall–Kier alpha value is -1.51. The maximum atomic E-state index is 12.7. The number of halogens is 3. The van der Waals surface area contributed by atoms with Gasteiger partial charge in [-0.2, -0.15) is 0 Å². The van der Waals surface area contributed by atoms with Gasteiger partial charge in [0.1, 0.15) is 4.90 Å². The third kappa shape index (κ3) is 5.25. The lowest BCUT2D eigenvalue weighted by Crippen LogP contribution is -2.25. The van der Waals surface area contributed by atoms with Crippen molar-refractivity contribution in [3.8, 4) is 0 Å². The molecule has 1 amide bonds. The number of aliphatic hydroxyl groups is 1. The van der Waals surface area contributed by atoms with Gasteiger partial charge < -0.3 is 10.4 Å². The molecule has 0 saturated carbocycles. The first-order valence-electron chi connectivity index (χ1n) is 7.41. The number of hydrogen-bond acceptors (Lipinski definition) is 4. The number of rotatable bonds is 7. The molecule has 0 fully saturated rings. The second-order valence-corrected chi connectivity index (χ2v) is 8.11. The lowest BCUT2D eigenvalue weighted by atomic mass is 10.2. The molecule has 0 aliphatic heterocycles. The van der Waals surface area contributed by atoms with Crippen LogP contribution in [0.1, 0.15) is 16.8 Å². The molecule has 2 aromatic carbocycles. The van der Waals surface area contributed by atoms with Gasteiger partial charge in [-0.25, -0.2) is 8.42 Å². The van der Waals surface area contributed by atoms with Crippen molar-refractivity contribution in [3.05, 3.63) is 57.0 Å². The van der Waals surface area contributed by atoms with Crippen LogP contribution in [0.3, 0.4) is 0 Å². The topological polar surface area (TPSA) is 95.5 Å². The van der Waals surface area contributed by atoms with Crippen LogP contribution in [0.4, 0.5) is 5.69 Å². The second-order valence-electron chi connectivity index (χ2n) is 5.21. The smallest absolute Gasteiger partial charge is 0.263 e. The Morgan fingerprint density at radius 2 is 1.73 bits per heavy atom. The maximum Gasteiger partial charge on any atom is 0.263 e. The molecule has 0 saturated heterocycles. The third-order valence-corrected chi connectivity index (χ3v) is 5.69. The molecule has 0 radical (unpaired) electrons. The van der Waals surface area contributed by atoms with Gasteiger partial charge in [-0.3, -0.25) is 9.52 Å². The molecule has 26 heavy (non-hydrogen) atoms. The average Bonchev–Trinajstić information content (AvgIpc) is 2.58. The zero-order valence-corrected chi connectivity index (χ0v) is 16.4. The van der Waals surface area contributed by atoms with E-state index in [4.69, 9.17) is 39.9 Å². The molecule has 0 spiro atoms. The first-order valence-corrected chi connectivity index (χ1v) is 10.0. The Kier molecular flexibility index (Phi) is 7.14. The summed E-state index contributed by atoms with van der Waals surface area (Å²) in [6.45, 7) is 0.196. The second kappa shape index (κ2) is 8.92. The molecule has 0 unspecified atom stereocenters. The minimum Gasteiger partial charge on any atom is -0.396 e. The Morgan fingerprint density at radius 3 is 2.42 bits per heavy atom. The maximum absolute atomic E-state index is 12.7. The normalized spacial score (nSPS) is 11.2. The Labute approximate surface area is 166 Å². The molecule has 2 aromatic rings. The number of nitrogens with one attached hydrogen (secondary N) is 2. The number of anilines is 1. The first kappa shape index (κ1) is 20.8. The fourth-order valence-corrected chi connectivity index (χ4v) is 4.00. The number of amides is 1. The molecular formula is C16H15Cl3N2O4S.